The zero-order valence-electron chi connectivity index (χ0n) is 16.5. The zero-order chi connectivity index (χ0) is 22.0. The monoisotopic (exact) mass is 451 g/mol. The van der Waals surface area contributed by atoms with Crippen molar-refractivity contribution in [3.63, 3.8) is 0 Å². The van der Waals surface area contributed by atoms with Crippen LogP contribution in [0.1, 0.15) is 23.9 Å². The second-order valence-corrected chi connectivity index (χ2v) is 7.69. The normalized spacial score (nSPS) is 12.0. The van der Waals surface area contributed by atoms with Crippen molar-refractivity contribution in [2.24, 2.45) is 5.92 Å². The van der Waals surface area contributed by atoms with E-state index in [0.717, 1.165) is 5.56 Å². The molecule has 0 fully saturated rings. The highest BCUT2D eigenvalue weighted by Crippen LogP contribution is 2.23. The highest BCUT2D eigenvalue weighted by molar-refractivity contribution is 6.35. The largest absolute Gasteiger partial charge is 0.312 e. The summed E-state index contributed by atoms with van der Waals surface area (Å²) in [5, 5.41) is 23.2. The number of benzene rings is 1. The average Bonchev–Trinajstić information content (AvgIpc) is 3.21. The Morgan fingerprint density at radius 1 is 1.30 bits per heavy atom. The van der Waals surface area contributed by atoms with Crippen molar-refractivity contribution in [2.75, 3.05) is 5.32 Å². The van der Waals surface area contributed by atoms with E-state index in [1.54, 1.807) is 43.7 Å². The van der Waals surface area contributed by atoms with Gasteiger partial charge in [-0.15, -0.1) is 5.10 Å². The number of carbonyl (C=O) groups is 1. The van der Waals surface area contributed by atoms with Gasteiger partial charge in [0.05, 0.1) is 23.9 Å². The van der Waals surface area contributed by atoms with Gasteiger partial charge in [0.15, 0.2) is 0 Å². The summed E-state index contributed by atoms with van der Waals surface area (Å²) in [6.07, 6.45) is 1.48. The van der Waals surface area contributed by atoms with Crippen molar-refractivity contribution in [1.29, 1.82) is 0 Å². The molecule has 12 heteroatoms. The third-order valence-corrected chi connectivity index (χ3v) is 5.13. The summed E-state index contributed by atoms with van der Waals surface area (Å²) in [7, 11) is 0. The Morgan fingerprint density at radius 2 is 2.03 bits per heavy atom. The van der Waals surface area contributed by atoms with E-state index >= 15 is 0 Å². The van der Waals surface area contributed by atoms with Crippen LogP contribution in [0, 0.1) is 29.9 Å². The van der Waals surface area contributed by atoms with Crippen molar-refractivity contribution in [2.45, 2.75) is 33.9 Å². The summed E-state index contributed by atoms with van der Waals surface area (Å²) in [6.45, 7) is 5.42. The predicted octanol–water partition coefficient (Wildman–Crippen LogP) is 3.63. The number of halogens is 2. The number of carbonyl (C=O) groups excluding carboxylic acids is 1. The molecule has 0 aliphatic carbocycles. The number of anilines is 1. The van der Waals surface area contributed by atoms with Crippen molar-refractivity contribution >= 4 is 40.7 Å². The van der Waals surface area contributed by atoms with E-state index in [2.05, 4.69) is 20.5 Å². The second kappa shape index (κ2) is 8.80. The first kappa shape index (κ1) is 21.7. The number of aromatic nitrogens is 5. The molecule has 0 aliphatic rings. The summed E-state index contributed by atoms with van der Waals surface area (Å²) in [5.74, 6) is -0.691. The summed E-state index contributed by atoms with van der Waals surface area (Å²) in [5.41, 5.74) is 1.48. The molecule has 30 heavy (non-hydrogen) atoms. The van der Waals surface area contributed by atoms with Crippen LogP contribution in [-0.2, 0) is 17.9 Å². The molecule has 2 aromatic heterocycles. The number of nitro groups is 1. The third-order valence-electron chi connectivity index (χ3n) is 4.54. The molecule has 0 saturated heterocycles. The quantitative estimate of drug-likeness (QED) is 0.432. The molecule has 0 saturated carbocycles. The molecule has 1 atom stereocenters. The van der Waals surface area contributed by atoms with Gasteiger partial charge in [-0.25, -0.2) is 9.67 Å². The number of aryl methyl sites for hydroxylation is 1. The van der Waals surface area contributed by atoms with Crippen LogP contribution in [-0.4, -0.2) is 35.4 Å². The van der Waals surface area contributed by atoms with Gasteiger partial charge in [0.25, 0.3) is 0 Å². The average molecular weight is 452 g/mol. The maximum atomic E-state index is 12.5. The van der Waals surface area contributed by atoms with Gasteiger partial charge in [-0.2, -0.15) is 5.10 Å². The van der Waals surface area contributed by atoms with Gasteiger partial charge in [-0.3, -0.25) is 24.9 Å². The molecule has 1 aromatic carbocycles. The minimum atomic E-state index is -0.514. The molecule has 1 N–H and O–H groups in total. The van der Waals surface area contributed by atoms with E-state index in [-0.39, 0.29) is 24.1 Å². The molecule has 10 nitrogen and oxygen atoms in total. The van der Waals surface area contributed by atoms with Gasteiger partial charge < -0.3 is 0 Å². The topological polar surface area (TPSA) is 121 Å². The minimum Gasteiger partial charge on any atom is -0.293 e. The van der Waals surface area contributed by atoms with E-state index in [4.69, 9.17) is 23.2 Å². The first-order valence-electron chi connectivity index (χ1n) is 8.98. The summed E-state index contributed by atoms with van der Waals surface area (Å²) in [6, 6.07) is 5.16. The van der Waals surface area contributed by atoms with Crippen LogP contribution >= 0.6 is 23.2 Å². The highest BCUT2D eigenvalue weighted by atomic mass is 35.5. The van der Waals surface area contributed by atoms with E-state index in [1.165, 1.54) is 11.0 Å². The van der Waals surface area contributed by atoms with E-state index in [9.17, 15) is 14.9 Å². The predicted molar refractivity (Wildman–Crippen MR) is 112 cm³/mol. The van der Waals surface area contributed by atoms with Crippen LogP contribution in [0.5, 0.6) is 0 Å². The van der Waals surface area contributed by atoms with Crippen LogP contribution in [0.4, 0.5) is 11.6 Å². The smallest absolute Gasteiger partial charge is 0.293 e. The third kappa shape index (κ3) is 4.77. The molecular weight excluding hydrogens is 433 g/mol. The molecule has 1 amide bonds. The Labute approximate surface area is 182 Å². The first-order chi connectivity index (χ1) is 14.2. The van der Waals surface area contributed by atoms with Crippen LogP contribution < -0.4 is 5.32 Å². The highest BCUT2D eigenvalue weighted by Gasteiger charge is 2.24. The fraction of sp³-hybridized carbons (Fsp3) is 0.333. The Hall–Kier alpha value is -2.98. The lowest BCUT2D eigenvalue weighted by Gasteiger charge is -2.11. The van der Waals surface area contributed by atoms with Gasteiger partial charge in [0.1, 0.15) is 17.7 Å². The number of hydrogen-bond acceptors (Lipinski definition) is 6. The van der Waals surface area contributed by atoms with Gasteiger partial charge in [-0.05, 0) is 31.5 Å². The Morgan fingerprint density at radius 3 is 2.67 bits per heavy atom. The number of amides is 1. The number of nitrogens with zero attached hydrogens (tertiary/aromatic N) is 6. The summed E-state index contributed by atoms with van der Waals surface area (Å²) in [4.78, 5) is 27.2. The molecule has 3 aromatic rings. The standard InChI is InChI=1S/C18H19Cl2N7O3/c1-10(7-26-12(3)16(27(29)30)11(2)23-26)17(28)22-18-21-9-25(24-18)8-13-4-5-14(19)6-15(13)20/h4-6,9-10H,7-8H2,1-3H3,(H,22,24,28). The lowest BCUT2D eigenvalue weighted by Crippen LogP contribution is -2.26. The molecular formula is C18H19Cl2N7O3. The molecule has 0 bridgehead atoms. The van der Waals surface area contributed by atoms with Crippen LogP contribution in [0.3, 0.4) is 0 Å². The van der Waals surface area contributed by atoms with Gasteiger partial charge in [0, 0.05) is 10.0 Å². The van der Waals surface area contributed by atoms with Crippen molar-refractivity contribution in [3.05, 3.63) is 61.6 Å². The minimum absolute atomic E-state index is 0.0381. The van der Waals surface area contributed by atoms with Crippen LogP contribution in [0.15, 0.2) is 24.5 Å². The fourth-order valence-electron chi connectivity index (χ4n) is 2.96. The first-order valence-corrected chi connectivity index (χ1v) is 9.74. The number of nitrogens with one attached hydrogen (secondary N) is 1. The van der Waals surface area contributed by atoms with Crippen molar-refractivity contribution < 1.29 is 9.72 Å². The lowest BCUT2D eigenvalue weighted by atomic mass is 10.1. The second-order valence-electron chi connectivity index (χ2n) is 6.85. The molecule has 3 rings (SSSR count). The van der Waals surface area contributed by atoms with Gasteiger partial charge in [0.2, 0.25) is 11.9 Å². The number of rotatable bonds is 7. The van der Waals surface area contributed by atoms with Crippen LogP contribution in [0.2, 0.25) is 10.0 Å². The van der Waals surface area contributed by atoms with Crippen molar-refractivity contribution in [1.82, 2.24) is 24.5 Å². The van der Waals surface area contributed by atoms with E-state index in [0.29, 0.717) is 28.0 Å². The van der Waals surface area contributed by atoms with Crippen LogP contribution in [0.25, 0.3) is 0 Å². The molecule has 158 valence electrons. The van der Waals surface area contributed by atoms with E-state index in [1.807, 2.05) is 0 Å². The molecule has 0 aliphatic heterocycles. The maximum Gasteiger partial charge on any atom is 0.312 e. The Balaban J connectivity index is 1.64. The number of hydrogen-bond donors (Lipinski definition) is 1. The molecule has 2 heterocycles. The fourth-order valence-corrected chi connectivity index (χ4v) is 3.43. The summed E-state index contributed by atoms with van der Waals surface area (Å²) < 4.78 is 3.01. The van der Waals surface area contributed by atoms with E-state index < -0.39 is 10.8 Å². The molecule has 1 unspecified atom stereocenters. The van der Waals surface area contributed by atoms with Crippen molar-refractivity contribution in [3.8, 4) is 0 Å². The lowest BCUT2D eigenvalue weighted by molar-refractivity contribution is -0.386. The van der Waals surface area contributed by atoms with Gasteiger partial charge in [-0.1, -0.05) is 36.2 Å². The maximum absolute atomic E-state index is 12.5. The SMILES string of the molecule is Cc1nn(CC(C)C(=O)Nc2ncn(Cc3ccc(Cl)cc3Cl)n2)c(C)c1[N+](=O)[O-]. The molecule has 0 radical (unpaired) electrons. The Bertz CT molecular complexity index is 1110. The summed E-state index contributed by atoms with van der Waals surface area (Å²) >= 11 is 12.1. The van der Waals surface area contributed by atoms with Gasteiger partial charge >= 0.3 is 5.69 Å². The Kier molecular flexibility index (Phi) is 6.37. The zero-order valence-corrected chi connectivity index (χ0v) is 18.0. The molecule has 0 spiro atoms.